The van der Waals surface area contributed by atoms with Gasteiger partial charge >= 0.3 is 11.9 Å². The van der Waals surface area contributed by atoms with E-state index in [1.54, 1.807) is 6.21 Å². The average molecular weight is 741 g/mol. The lowest BCUT2D eigenvalue weighted by atomic mass is 9.72. The van der Waals surface area contributed by atoms with Crippen molar-refractivity contribution in [2.75, 3.05) is 52.7 Å². The maximum atomic E-state index is 12.1. The van der Waals surface area contributed by atoms with Crippen LogP contribution >= 0.6 is 0 Å². The van der Waals surface area contributed by atoms with Gasteiger partial charge in [0.15, 0.2) is 0 Å². The summed E-state index contributed by atoms with van der Waals surface area (Å²) >= 11 is 0. The van der Waals surface area contributed by atoms with E-state index in [-0.39, 0.29) is 75.9 Å². The third-order valence-electron chi connectivity index (χ3n) is 8.68. The molecule has 0 radical (unpaired) electrons. The van der Waals surface area contributed by atoms with Crippen molar-refractivity contribution < 1.29 is 62.9 Å². The number of hydroxylamine groups is 4. The van der Waals surface area contributed by atoms with E-state index in [2.05, 4.69) is 10.3 Å². The Morgan fingerprint density at radius 3 is 1.65 bits per heavy atom. The predicted molar refractivity (Wildman–Crippen MR) is 184 cm³/mol. The number of carbonyl (C=O) groups is 7. The fraction of sp³-hybridized carbons (Fsp3) is 0.771. The second-order valence-corrected chi connectivity index (χ2v) is 12.9. The highest BCUT2D eigenvalue weighted by Crippen LogP contribution is 2.39. The highest BCUT2D eigenvalue weighted by atomic mass is 16.7. The van der Waals surface area contributed by atoms with Crippen LogP contribution in [-0.2, 0) is 52.7 Å². The van der Waals surface area contributed by atoms with Gasteiger partial charge in [-0.1, -0.05) is 0 Å². The summed E-state index contributed by atoms with van der Waals surface area (Å²) in [6, 6.07) is 0. The van der Waals surface area contributed by atoms with Crippen molar-refractivity contribution in [2.24, 2.45) is 10.4 Å². The zero-order valence-corrected chi connectivity index (χ0v) is 30.2. The van der Waals surface area contributed by atoms with Crippen molar-refractivity contribution in [2.45, 2.75) is 116 Å². The number of nitrogens with one attached hydrogen (secondary N) is 1. The summed E-state index contributed by atoms with van der Waals surface area (Å²) < 4.78 is 11.5. The van der Waals surface area contributed by atoms with Gasteiger partial charge in [0.1, 0.15) is 0 Å². The Hall–Kier alpha value is -3.80. The Labute approximate surface area is 304 Å². The van der Waals surface area contributed by atoms with Gasteiger partial charge in [0.25, 0.3) is 23.6 Å². The second kappa shape index (κ2) is 26.0. The predicted octanol–water partition coefficient (Wildman–Crippen LogP) is 1.85. The van der Waals surface area contributed by atoms with Crippen LogP contribution in [-0.4, -0.2) is 121 Å². The largest absolute Gasteiger partial charge is 0.396 e. The van der Waals surface area contributed by atoms with Gasteiger partial charge in [-0.3, -0.25) is 29.0 Å². The van der Waals surface area contributed by atoms with Gasteiger partial charge in [-0.25, -0.2) is 9.59 Å². The molecule has 2 rings (SSSR count). The van der Waals surface area contributed by atoms with E-state index < -0.39 is 35.6 Å². The van der Waals surface area contributed by atoms with E-state index in [9.17, 15) is 43.8 Å². The van der Waals surface area contributed by atoms with E-state index in [0.29, 0.717) is 75.3 Å². The zero-order valence-electron chi connectivity index (χ0n) is 30.2. The number of amides is 5. The van der Waals surface area contributed by atoms with Crippen molar-refractivity contribution in [3.8, 4) is 0 Å². The van der Waals surface area contributed by atoms with E-state index in [1.807, 2.05) is 0 Å². The molecule has 0 spiro atoms. The molecule has 0 unspecified atom stereocenters. The number of hydrogen-bond acceptors (Lipinski definition) is 14. The van der Waals surface area contributed by atoms with Crippen LogP contribution in [0.3, 0.4) is 0 Å². The van der Waals surface area contributed by atoms with E-state index in [0.717, 1.165) is 38.5 Å². The smallest absolute Gasteiger partial charge is 0.333 e. The maximum Gasteiger partial charge on any atom is 0.333 e. The third kappa shape index (κ3) is 18.1. The fourth-order valence-corrected chi connectivity index (χ4v) is 5.95. The summed E-state index contributed by atoms with van der Waals surface area (Å²) in [5, 5.41) is 22.8. The molecule has 0 saturated carbocycles. The fourth-order valence-electron chi connectivity index (χ4n) is 5.95. The molecule has 0 aromatic heterocycles. The van der Waals surface area contributed by atoms with Gasteiger partial charge in [-0.05, 0) is 82.3 Å². The number of hydrogen-bond donors (Lipinski definition) is 3. The van der Waals surface area contributed by atoms with Crippen LogP contribution in [0.2, 0.25) is 0 Å². The molecule has 17 nitrogen and oxygen atoms in total. The van der Waals surface area contributed by atoms with Gasteiger partial charge in [0.2, 0.25) is 5.91 Å². The molecule has 294 valence electrons. The van der Waals surface area contributed by atoms with Crippen LogP contribution in [0.1, 0.15) is 116 Å². The Morgan fingerprint density at radius 1 is 0.654 bits per heavy atom. The van der Waals surface area contributed by atoms with Crippen LogP contribution in [0.4, 0.5) is 0 Å². The quantitative estimate of drug-likeness (QED) is 0.0544. The summed E-state index contributed by atoms with van der Waals surface area (Å²) in [5.74, 6) is -3.72. The topological polar surface area (TPSA) is 228 Å². The molecule has 2 aliphatic rings. The maximum absolute atomic E-state index is 12.1. The van der Waals surface area contributed by atoms with Gasteiger partial charge in [0.05, 0.1) is 19.8 Å². The molecule has 2 saturated heterocycles. The lowest BCUT2D eigenvalue weighted by molar-refractivity contribution is -0.197. The number of aliphatic imine (C=N–C) groups is 1. The first-order valence-corrected chi connectivity index (χ1v) is 18.4. The molecule has 0 atom stereocenters. The van der Waals surface area contributed by atoms with Crippen LogP contribution in [0, 0.1) is 5.41 Å². The summed E-state index contributed by atoms with van der Waals surface area (Å²) in [7, 11) is 0. The van der Waals surface area contributed by atoms with E-state index in [1.165, 1.54) is 0 Å². The number of nitrogens with zero attached hydrogens (tertiary/aromatic N) is 3. The molecule has 2 fully saturated rings. The molecule has 0 bridgehead atoms. The number of carbonyl (C=O) groups excluding carboxylic acids is 7. The molecular weight excluding hydrogens is 684 g/mol. The molecule has 5 amide bonds. The normalized spacial score (nSPS) is 15.0. The number of unbranched alkanes of at least 4 members (excludes halogenated alkanes) is 1. The Morgan fingerprint density at radius 2 is 1.13 bits per heavy atom. The lowest BCUT2D eigenvalue weighted by Crippen LogP contribution is -2.32. The van der Waals surface area contributed by atoms with Crippen LogP contribution < -0.4 is 5.32 Å². The molecule has 0 aliphatic carbocycles. The van der Waals surface area contributed by atoms with Gasteiger partial charge in [0, 0.05) is 77.9 Å². The van der Waals surface area contributed by atoms with E-state index in [4.69, 9.17) is 19.1 Å². The molecule has 0 aromatic rings. The van der Waals surface area contributed by atoms with Gasteiger partial charge < -0.3 is 34.7 Å². The van der Waals surface area contributed by atoms with Gasteiger partial charge in [-0.15, -0.1) is 10.1 Å². The third-order valence-corrected chi connectivity index (χ3v) is 8.68. The molecule has 17 heteroatoms. The molecule has 3 N–H and O–H groups in total. The molecular formula is C35H56N4O13. The zero-order chi connectivity index (χ0) is 38.0. The molecule has 2 heterocycles. The standard InChI is InChI=1S/C35H56N4O13/c40-22-4-15-35(16-5-23-41,17-6-24-49-26-20-36-19-2-1-9-33(47)51-38-29(43)11-12-30(38)44)18-7-25-50-27-21-37-28(42)8-3-10-34(48)52-39-31(45)13-14-32(39)46/h19,40-41H,1-18,20-27H2,(H,37,42)/b36-19-. The Kier molecular flexibility index (Phi) is 22.2. The van der Waals surface area contributed by atoms with Crippen molar-refractivity contribution in [3.05, 3.63) is 0 Å². The van der Waals surface area contributed by atoms with Crippen molar-refractivity contribution in [1.29, 1.82) is 0 Å². The van der Waals surface area contributed by atoms with Crippen molar-refractivity contribution in [3.63, 3.8) is 0 Å². The SMILES string of the molecule is O=C(CCCC(=O)ON1C(=O)CCC1=O)NCCOCCCC(CCCO)(CCCO)CCCOCC/N=C\CCCC(=O)ON1C(=O)CCC1=O. The first-order chi connectivity index (χ1) is 25.1. The van der Waals surface area contributed by atoms with Crippen LogP contribution in [0.5, 0.6) is 0 Å². The van der Waals surface area contributed by atoms with Crippen LogP contribution in [0.15, 0.2) is 4.99 Å². The highest BCUT2D eigenvalue weighted by molar-refractivity contribution is 6.02. The second-order valence-electron chi connectivity index (χ2n) is 12.9. The van der Waals surface area contributed by atoms with Crippen molar-refractivity contribution in [1.82, 2.24) is 15.4 Å². The Balaban J connectivity index is 1.56. The number of aliphatic hydroxyl groups is 2. The number of imide groups is 2. The molecule has 2 aliphatic heterocycles. The Bertz CT molecular complexity index is 1160. The summed E-state index contributed by atoms with van der Waals surface area (Å²) in [6.45, 7) is 2.75. The first kappa shape index (κ1) is 44.4. The minimum atomic E-state index is -0.741. The molecule has 52 heavy (non-hydrogen) atoms. The number of rotatable bonds is 30. The first-order valence-electron chi connectivity index (χ1n) is 18.4. The average Bonchev–Trinajstić information content (AvgIpc) is 3.61. The number of aliphatic hydroxyl groups excluding tert-OH is 2. The highest BCUT2D eigenvalue weighted by Gasteiger charge is 2.34. The lowest BCUT2D eigenvalue weighted by Gasteiger charge is -2.34. The summed E-state index contributed by atoms with van der Waals surface area (Å²) in [6.07, 6.45) is 9.41. The van der Waals surface area contributed by atoms with Crippen molar-refractivity contribution >= 4 is 47.7 Å². The number of ether oxygens (including phenoxy) is 2. The molecule has 0 aromatic carbocycles. The summed E-state index contributed by atoms with van der Waals surface area (Å²) in [4.78, 5) is 95.7. The minimum absolute atomic E-state index is 0.0191. The minimum Gasteiger partial charge on any atom is -0.396 e. The van der Waals surface area contributed by atoms with Gasteiger partial charge in [-0.2, -0.15) is 0 Å². The monoisotopic (exact) mass is 740 g/mol. The van der Waals surface area contributed by atoms with Crippen LogP contribution in [0.25, 0.3) is 0 Å². The van der Waals surface area contributed by atoms with E-state index >= 15 is 0 Å². The summed E-state index contributed by atoms with van der Waals surface area (Å²) in [5.41, 5.74) is -0.0719.